The zero-order valence-electron chi connectivity index (χ0n) is 13.4. The lowest BCUT2D eigenvalue weighted by Crippen LogP contribution is -2.32. The Labute approximate surface area is 136 Å². The molecule has 3 aromatic rings. The van der Waals surface area contributed by atoms with Gasteiger partial charge in [-0.05, 0) is 37.6 Å². The van der Waals surface area contributed by atoms with Crippen LogP contribution in [-0.2, 0) is 17.9 Å². The van der Waals surface area contributed by atoms with Crippen molar-refractivity contribution in [3.63, 3.8) is 0 Å². The lowest BCUT2D eigenvalue weighted by Gasteiger charge is -2.08. The summed E-state index contributed by atoms with van der Waals surface area (Å²) in [6.45, 7) is 3.55. The van der Waals surface area contributed by atoms with Crippen molar-refractivity contribution in [1.82, 2.24) is 14.9 Å². The maximum atomic E-state index is 12.1. The van der Waals surface area contributed by atoms with E-state index in [1.165, 1.54) is 4.57 Å². The minimum absolute atomic E-state index is 0.102. The molecule has 7 heteroatoms. The molecule has 2 N–H and O–H groups in total. The number of hydrogen-bond acceptors (Lipinski definition) is 4. The van der Waals surface area contributed by atoms with Crippen LogP contribution in [-0.4, -0.2) is 15.5 Å². The summed E-state index contributed by atoms with van der Waals surface area (Å²) in [5.41, 5.74) is 2.84. The Balaban J connectivity index is 1.76. The van der Waals surface area contributed by atoms with Crippen molar-refractivity contribution in [3.8, 4) is 0 Å². The lowest BCUT2D eigenvalue weighted by atomic mass is 10.1. The zero-order chi connectivity index (χ0) is 17.3. The molecular weight excluding hydrogens is 310 g/mol. The quantitative estimate of drug-likeness (QED) is 0.753. The number of carbonyl (C=O) groups excluding carboxylic acids is 1. The lowest BCUT2D eigenvalue weighted by molar-refractivity contribution is -0.121. The second-order valence-corrected chi connectivity index (χ2v) is 5.64. The van der Waals surface area contributed by atoms with Crippen LogP contribution in [0, 0.1) is 13.8 Å². The molecule has 0 atom stereocenters. The summed E-state index contributed by atoms with van der Waals surface area (Å²) >= 11 is 0. The maximum Gasteiger partial charge on any atom is 0.420 e. The number of benzene rings is 1. The van der Waals surface area contributed by atoms with Gasteiger partial charge in [0.05, 0.1) is 5.52 Å². The van der Waals surface area contributed by atoms with Gasteiger partial charge >= 0.3 is 5.76 Å². The van der Waals surface area contributed by atoms with Gasteiger partial charge in [0, 0.05) is 17.8 Å². The van der Waals surface area contributed by atoms with Crippen molar-refractivity contribution < 1.29 is 9.21 Å². The predicted octanol–water partition coefficient (Wildman–Crippen LogP) is 1.22. The predicted molar refractivity (Wildman–Crippen MR) is 88.9 cm³/mol. The molecule has 0 saturated heterocycles. The molecular formula is C17H17N3O4. The summed E-state index contributed by atoms with van der Waals surface area (Å²) in [6, 6.07) is 8.74. The minimum atomic E-state index is -0.587. The van der Waals surface area contributed by atoms with Crippen LogP contribution in [0.5, 0.6) is 0 Å². The van der Waals surface area contributed by atoms with E-state index in [0.29, 0.717) is 16.7 Å². The van der Waals surface area contributed by atoms with Crippen LogP contribution in [0.4, 0.5) is 0 Å². The summed E-state index contributed by atoms with van der Waals surface area (Å²) in [6.07, 6.45) is 0. The largest absolute Gasteiger partial charge is 0.420 e. The summed E-state index contributed by atoms with van der Waals surface area (Å²) in [4.78, 5) is 38.6. The number of amides is 1. The van der Waals surface area contributed by atoms with Gasteiger partial charge in [0.1, 0.15) is 6.54 Å². The normalized spacial score (nSPS) is 10.9. The standard InChI is InChI=1S/C17H17N3O4/c1-10-7-11(2)19-16(22)12(10)8-18-15(21)9-20-13-5-3-4-6-14(13)24-17(20)23/h3-7H,8-9H2,1-2H3,(H,18,21)(H,19,22). The number of aromatic nitrogens is 2. The molecule has 0 radical (unpaired) electrons. The topological polar surface area (TPSA) is 97.1 Å². The number of rotatable bonds is 4. The Morgan fingerprint density at radius 1 is 1.25 bits per heavy atom. The molecule has 1 aromatic carbocycles. The molecule has 1 amide bonds. The van der Waals surface area contributed by atoms with Crippen molar-refractivity contribution in [2.24, 2.45) is 0 Å². The van der Waals surface area contributed by atoms with Crippen LogP contribution in [0.1, 0.15) is 16.8 Å². The van der Waals surface area contributed by atoms with E-state index in [-0.39, 0.29) is 24.6 Å². The van der Waals surface area contributed by atoms with E-state index >= 15 is 0 Å². The van der Waals surface area contributed by atoms with Crippen molar-refractivity contribution >= 4 is 17.0 Å². The first-order chi connectivity index (χ1) is 11.5. The number of pyridine rings is 1. The Hall–Kier alpha value is -3.09. The van der Waals surface area contributed by atoms with Gasteiger partial charge in [-0.25, -0.2) is 4.79 Å². The van der Waals surface area contributed by atoms with Gasteiger partial charge in [0.15, 0.2) is 5.58 Å². The van der Waals surface area contributed by atoms with Crippen LogP contribution < -0.4 is 16.6 Å². The number of hydrogen-bond donors (Lipinski definition) is 2. The summed E-state index contributed by atoms with van der Waals surface area (Å²) in [5.74, 6) is -0.959. The third-order valence-corrected chi connectivity index (χ3v) is 3.83. The van der Waals surface area contributed by atoms with Crippen LogP contribution in [0.3, 0.4) is 0 Å². The van der Waals surface area contributed by atoms with E-state index in [2.05, 4.69) is 10.3 Å². The van der Waals surface area contributed by atoms with E-state index in [1.54, 1.807) is 31.2 Å². The van der Waals surface area contributed by atoms with E-state index in [0.717, 1.165) is 11.3 Å². The average Bonchev–Trinajstić information content (AvgIpc) is 2.82. The third-order valence-electron chi connectivity index (χ3n) is 3.83. The second-order valence-electron chi connectivity index (χ2n) is 5.64. The highest BCUT2D eigenvalue weighted by molar-refractivity contribution is 5.79. The van der Waals surface area contributed by atoms with E-state index in [9.17, 15) is 14.4 Å². The Bertz CT molecular complexity index is 1030. The number of para-hydroxylation sites is 2. The van der Waals surface area contributed by atoms with E-state index in [4.69, 9.17) is 4.42 Å². The second kappa shape index (κ2) is 6.19. The third kappa shape index (κ3) is 3.01. The highest BCUT2D eigenvalue weighted by atomic mass is 16.4. The first-order valence-electron chi connectivity index (χ1n) is 7.50. The smallest absolute Gasteiger partial charge is 0.408 e. The molecule has 0 aliphatic rings. The van der Waals surface area contributed by atoms with Crippen molar-refractivity contribution in [2.75, 3.05) is 0 Å². The van der Waals surface area contributed by atoms with Gasteiger partial charge in [-0.1, -0.05) is 12.1 Å². The fraction of sp³-hybridized carbons (Fsp3) is 0.235. The molecule has 0 aliphatic carbocycles. The van der Waals surface area contributed by atoms with Gasteiger partial charge in [-0.15, -0.1) is 0 Å². The van der Waals surface area contributed by atoms with E-state index in [1.807, 2.05) is 13.0 Å². The van der Waals surface area contributed by atoms with E-state index < -0.39 is 5.76 Å². The number of fused-ring (bicyclic) bond motifs is 1. The molecule has 2 aromatic heterocycles. The highest BCUT2D eigenvalue weighted by Crippen LogP contribution is 2.11. The zero-order valence-corrected chi connectivity index (χ0v) is 13.4. The number of aryl methyl sites for hydroxylation is 2. The van der Waals surface area contributed by atoms with Crippen LogP contribution in [0.15, 0.2) is 44.3 Å². The summed E-state index contributed by atoms with van der Waals surface area (Å²) < 4.78 is 6.35. The van der Waals surface area contributed by atoms with Crippen LogP contribution in [0.25, 0.3) is 11.1 Å². The number of nitrogens with zero attached hydrogens (tertiary/aromatic N) is 1. The summed E-state index contributed by atoms with van der Waals surface area (Å²) in [5, 5.41) is 2.67. The SMILES string of the molecule is Cc1cc(C)c(CNC(=O)Cn2c(=O)oc3ccccc32)c(=O)[nH]1. The number of nitrogens with one attached hydrogen (secondary N) is 2. The minimum Gasteiger partial charge on any atom is -0.408 e. The van der Waals surface area contributed by atoms with Crippen molar-refractivity contribution in [2.45, 2.75) is 26.9 Å². The number of H-pyrrole nitrogens is 1. The van der Waals surface area contributed by atoms with Gasteiger partial charge in [0.25, 0.3) is 5.56 Å². The molecule has 0 spiro atoms. The molecule has 24 heavy (non-hydrogen) atoms. The number of aromatic amines is 1. The highest BCUT2D eigenvalue weighted by Gasteiger charge is 2.13. The molecule has 0 bridgehead atoms. The molecule has 2 heterocycles. The number of carbonyl (C=O) groups is 1. The molecule has 3 rings (SSSR count). The monoisotopic (exact) mass is 327 g/mol. The fourth-order valence-electron chi connectivity index (χ4n) is 2.65. The van der Waals surface area contributed by atoms with Gasteiger partial charge in [-0.3, -0.25) is 14.2 Å². The molecule has 0 unspecified atom stereocenters. The first-order valence-corrected chi connectivity index (χ1v) is 7.50. The van der Waals surface area contributed by atoms with Crippen molar-refractivity contribution in [1.29, 1.82) is 0 Å². The molecule has 0 fully saturated rings. The fourth-order valence-corrected chi connectivity index (χ4v) is 2.65. The first kappa shape index (κ1) is 15.8. The Kier molecular flexibility index (Phi) is 4.07. The van der Waals surface area contributed by atoms with Gasteiger partial charge < -0.3 is 14.7 Å². The molecule has 124 valence electrons. The number of oxazole rings is 1. The molecule has 0 aliphatic heterocycles. The van der Waals surface area contributed by atoms with Gasteiger partial charge in [0.2, 0.25) is 5.91 Å². The van der Waals surface area contributed by atoms with Crippen LogP contribution >= 0.6 is 0 Å². The Morgan fingerprint density at radius 2 is 2.00 bits per heavy atom. The molecule has 0 saturated carbocycles. The van der Waals surface area contributed by atoms with Crippen LogP contribution in [0.2, 0.25) is 0 Å². The van der Waals surface area contributed by atoms with Crippen molar-refractivity contribution in [3.05, 3.63) is 68.1 Å². The average molecular weight is 327 g/mol. The summed E-state index contributed by atoms with van der Waals surface area (Å²) in [7, 11) is 0. The Morgan fingerprint density at radius 3 is 2.75 bits per heavy atom. The van der Waals surface area contributed by atoms with Gasteiger partial charge in [-0.2, -0.15) is 0 Å². The maximum absolute atomic E-state index is 12.1. The molecule has 7 nitrogen and oxygen atoms in total.